The molecule has 1 atom stereocenters. The van der Waals surface area contributed by atoms with Crippen LogP contribution in [0.4, 0.5) is 0 Å². The average Bonchev–Trinajstić information content (AvgIpc) is 2.86. The van der Waals surface area contributed by atoms with E-state index in [4.69, 9.17) is 10.00 Å². The minimum Gasteiger partial charge on any atom is -0.495 e. The van der Waals surface area contributed by atoms with Crippen molar-refractivity contribution in [2.24, 2.45) is 5.92 Å². The molecule has 0 aromatic heterocycles. The summed E-state index contributed by atoms with van der Waals surface area (Å²) in [5, 5.41) is 8.95. The smallest absolute Gasteiger partial charge is 0.136 e. The van der Waals surface area contributed by atoms with Crippen LogP contribution in [0.2, 0.25) is 0 Å². The highest BCUT2D eigenvalue weighted by Gasteiger charge is 2.20. The normalized spacial score (nSPS) is 19.7. The number of hydrogen-bond donors (Lipinski definition) is 0. The molecule has 1 aliphatic heterocycles. The summed E-state index contributed by atoms with van der Waals surface area (Å²) in [6, 6.07) is 8.01. The zero-order valence-corrected chi connectivity index (χ0v) is 11.1. The second kappa shape index (κ2) is 5.88. The van der Waals surface area contributed by atoms with E-state index in [0.717, 1.165) is 12.5 Å². The number of rotatable bonds is 4. The molecule has 18 heavy (non-hydrogen) atoms. The Kier molecular flexibility index (Phi) is 4.22. The third kappa shape index (κ3) is 2.83. The van der Waals surface area contributed by atoms with Crippen LogP contribution in [-0.2, 0) is 6.54 Å². The molecule has 1 aromatic carbocycles. The molecule has 3 heteroatoms. The molecular formula is C15H20N2O. The lowest BCUT2D eigenvalue weighted by Crippen LogP contribution is -2.20. The second-order valence-corrected chi connectivity index (χ2v) is 4.94. The molecule has 1 fully saturated rings. The summed E-state index contributed by atoms with van der Waals surface area (Å²) in [5.41, 5.74) is 1.83. The van der Waals surface area contributed by atoms with Gasteiger partial charge < -0.3 is 4.74 Å². The van der Waals surface area contributed by atoms with Crippen molar-refractivity contribution in [2.75, 3.05) is 20.2 Å². The van der Waals surface area contributed by atoms with Crippen molar-refractivity contribution in [3.63, 3.8) is 0 Å². The van der Waals surface area contributed by atoms with Gasteiger partial charge in [0.2, 0.25) is 0 Å². The largest absolute Gasteiger partial charge is 0.495 e. The molecule has 1 aliphatic rings. The molecule has 3 nitrogen and oxygen atoms in total. The molecule has 0 spiro atoms. The van der Waals surface area contributed by atoms with Crippen LogP contribution in [0.1, 0.15) is 30.9 Å². The number of methoxy groups -OCH3 is 1. The number of benzene rings is 1. The Hall–Kier alpha value is -1.53. The lowest BCUT2D eigenvalue weighted by molar-refractivity contribution is 0.314. The topological polar surface area (TPSA) is 36.3 Å². The van der Waals surface area contributed by atoms with Gasteiger partial charge in [-0.2, -0.15) is 5.26 Å². The van der Waals surface area contributed by atoms with Crippen molar-refractivity contribution >= 4 is 0 Å². The molecule has 0 aliphatic carbocycles. The van der Waals surface area contributed by atoms with Crippen molar-refractivity contribution < 1.29 is 4.74 Å². The molecule has 0 N–H and O–H groups in total. The van der Waals surface area contributed by atoms with Gasteiger partial charge >= 0.3 is 0 Å². The van der Waals surface area contributed by atoms with Crippen LogP contribution in [0, 0.1) is 17.2 Å². The van der Waals surface area contributed by atoms with Crippen molar-refractivity contribution in [2.45, 2.75) is 26.3 Å². The van der Waals surface area contributed by atoms with Crippen molar-refractivity contribution in [1.29, 1.82) is 5.26 Å². The van der Waals surface area contributed by atoms with E-state index in [2.05, 4.69) is 17.9 Å². The highest BCUT2D eigenvalue weighted by molar-refractivity contribution is 5.45. The Labute approximate surface area is 109 Å². The minimum absolute atomic E-state index is 0.606. The predicted octanol–water partition coefficient (Wildman–Crippen LogP) is 2.80. The fourth-order valence-electron chi connectivity index (χ4n) is 2.57. The Morgan fingerprint density at radius 2 is 2.33 bits per heavy atom. The minimum atomic E-state index is 0.606. The van der Waals surface area contributed by atoms with Crippen LogP contribution in [0.25, 0.3) is 0 Å². The van der Waals surface area contributed by atoms with Crippen LogP contribution in [-0.4, -0.2) is 25.1 Å². The van der Waals surface area contributed by atoms with Gasteiger partial charge in [-0.1, -0.05) is 19.4 Å². The highest BCUT2D eigenvalue weighted by atomic mass is 16.5. The van der Waals surface area contributed by atoms with E-state index in [1.54, 1.807) is 7.11 Å². The van der Waals surface area contributed by atoms with E-state index in [1.165, 1.54) is 31.5 Å². The Morgan fingerprint density at radius 3 is 2.94 bits per heavy atom. The second-order valence-electron chi connectivity index (χ2n) is 4.94. The van der Waals surface area contributed by atoms with Gasteiger partial charge in [0.25, 0.3) is 0 Å². The molecule has 96 valence electrons. The Morgan fingerprint density at radius 1 is 1.50 bits per heavy atom. The van der Waals surface area contributed by atoms with E-state index >= 15 is 0 Å². The lowest BCUT2D eigenvalue weighted by Gasteiger charge is -2.16. The molecule has 1 unspecified atom stereocenters. The Balaban J connectivity index is 2.04. The summed E-state index contributed by atoms with van der Waals surface area (Å²) in [6.07, 6.45) is 2.58. The molecule has 0 saturated carbocycles. The third-order valence-electron chi connectivity index (χ3n) is 3.74. The number of hydrogen-bond acceptors (Lipinski definition) is 3. The van der Waals surface area contributed by atoms with E-state index < -0.39 is 0 Å². The molecule has 1 aromatic rings. The van der Waals surface area contributed by atoms with Gasteiger partial charge in [0.15, 0.2) is 0 Å². The van der Waals surface area contributed by atoms with E-state index in [0.29, 0.717) is 11.3 Å². The predicted molar refractivity (Wildman–Crippen MR) is 71.4 cm³/mol. The third-order valence-corrected chi connectivity index (χ3v) is 3.74. The van der Waals surface area contributed by atoms with Gasteiger partial charge in [0.1, 0.15) is 11.8 Å². The lowest BCUT2D eigenvalue weighted by atomic mass is 10.1. The summed E-state index contributed by atoms with van der Waals surface area (Å²) >= 11 is 0. The molecule has 2 rings (SSSR count). The first-order chi connectivity index (χ1) is 8.76. The average molecular weight is 244 g/mol. The molecule has 1 heterocycles. The maximum absolute atomic E-state index is 8.95. The fraction of sp³-hybridized carbons (Fsp3) is 0.533. The zero-order valence-electron chi connectivity index (χ0n) is 11.1. The first-order valence-corrected chi connectivity index (χ1v) is 6.56. The summed E-state index contributed by atoms with van der Waals surface area (Å²) in [4.78, 5) is 2.48. The Bertz CT molecular complexity index is 450. The van der Waals surface area contributed by atoms with Crippen LogP contribution in [0.15, 0.2) is 18.2 Å². The van der Waals surface area contributed by atoms with Gasteiger partial charge in [0, 0.05) is 13.1 Å². The van der Waals surface area contributed by atoms with Crippen molar-refractivity contribution in [1.82, 2.24) is 4.90 Å². The maximum atomic E-state index is 8.95. The quantitative estimate of drug-likeness (QED) is 0.817. The summed E-state index contributed by atoms with van der Waals surface area (Å²) < 4.78 is 5.24. The summed E-state index contributed by atoms with van der Waals surface area (Å²) in [7, 11) is 1.61. The van der Waals surface area contributed by atoms with Gasteiger partial charge in [-0.25, -0.2) is 0 Å². The summed E-state index contributed by atoms with van der Waals surface area (Å²) in [5.74, 6) is 1.53. The van der Waals surface area contributed by atoms with Gasteiger partial charge in [-0.3, -0.25) is 4.90 Å². The number of nitrogens with zero attached hydrogens (tertiary/aromatic N) is 2. The van der Waals surface area contributed by atoms with Crippen LogP contribution in [0.5, 0.6) is 5.75 Å². The van der Waals surface area contributed by atoms with Gasteiger partial charge in [-0.05, 0) is 36.6 Å². The standard InChI is InChI=1S/C15H20N2O/c1-3-12-6-7-17(10-12)11-13-4-5-14(9-16)15(8-13)18-2/h4-5,8,12H,3,6-7,10-11H2,1-2H3. The highest BCUT2D eigenvalue weighted by Crippen LogP contribution is 2.24. The first-order valence-electron chi connectivity index (χ1n) is 6.56. The monoisotopic (exact) mass is 244 g/mol. The van der Waals surface area contributed by atoms with E-state index in [-0.39, 0.29) is 0 Å². The summed E-state index contributed by atoms with van der Waals surface area (Å²) in [6.45, 7) is 5.59. The van der Waals surface area contributed by atoms with Crippen LogP contribution < -0.4 is 4.74 Å². The van der Waals surface area contributed by atoms with Crippen molar-refractivity contribution in [3.05, 3.63) is 29.3 Å². The molecule has 0 amide bonds. The molecular weight excluding hydrogens is 224 g/mol. The van der Waals surface area contributed by atoms with E-state index in [9.17, 15) is 0 Å². The van der Waals surface area contributed by atoms with Gasteiger partial charge in [-0.15, -0.1) is 0 Å². The molecule has 0 bridgehead atoms. The molecule has 0 radical (unpaired) electrons. The maximum Gasteiger partial charge on any atom is 0.136 e. The van der Waals surface area contributed by atoms with Crippen LogP contribution in [0.3, 0.4) is 0 Å². The fourth-order valence-corrected chi connectivity index (χ4v) is 2.57. The van der Waals surface area contributed by atoms with Gasteiger partial charge in [0.05, 0.1) is 12.7 Å². The molecule has 1 saturated heterocycles. The first kappa shape index (κ1) is 12.9. The van der Waals surface area contributed by atoms with Crippen molar-refractivity contribution in [3.8, 4) is 11.8 Å². The van der Waals surface area contributed by atoms with Crippen LogP contribution >= 0.6 is 0 Å². The number of ether oxygens (including phenoxy) is 1. The van der Waals surface area contributed by atoms with E-state index in [1.807, 2.05) is 18.2 Å². The number of likely N-dealkylation sites (tertiary alicyclic amines) is 1. The SMILES string of the molecule is CCC1CCN(Cc2ccc(C#N)c(OC)c2)C1. The number of nitriles is 1. The zero-order chi connectivity index (χ0) is 13.0.